The Morgan fingerprint density at radius 1 is 1.20 bits per heavy atom. The summed E-state index contributed by atoms with van der Waals surface area (Å²) in [5.41, 5.74) is 1.99. The van der Waals surface area contributed by atoms with Gasteiger partial charge in [-0.2, -0.15) is 5.10 Å². The minimum Gasteiger partial charge on any atom is -0.465 e. The molecule has 1 aromatic carbocycles. The lowest BCUT2D eigenvalue weighted by Crippen LogP contribution is -2.18. The van der Waals surface area contributed by atoms with Gasteiger partial charge in [0, 0.05) is 29.8 Å². The molecule has 4 nitrogen and oxygen atoms in total. The lowest BCUT2D eigenvalue weighted by Gasteiger charge is -2.13. The van der Waals surface area contributed by atoms with Crippen LogP contribution in [0.3, 0.4) is 0 Å². The quantitative estimate of drug-likeness (QED) is 0.717. The molecule has 2 aromatic heterocycles. The Morgan fingerprint density at radius 3 is 2.64 bits per heavy atom. The Bertz CT molecular complexity index is 869. The second kappa shape index (κ2) is 7.19. The van der Waals surface area contributed by atoms with E-state index in [1.54, 1.807) is 6.20 Å². The zero-order valence-corrected chi connectivity index (χ0v) is 14.5. The molecular formula is C19H21F2N3O. The Morgan fingerprint density at radius 2 is 1.96 bits per heavy atom. The van der Waals surface area contributed by atoms with Gasteiger partial charge in [-0.25, -0.2) is 13.5 Å². The van der Waals surface area contributed by atoms with Crippen LogP contribution in [0.1, 0.15) is 42.7 Å². The van der Waals surface area contributed by atoms with Crippen molar-refractivity contribution in [3.05, 3.63) is 70.9 Å². The SMILES string of the molecule is CCc1ccc(CN[C@H](C)c2cnn(-c3ccc(F)cc3F)c2C)o1. The molecule has 0 amide bonds. The van der Waals surface area contributed by atoms with Gasteiger partial charge in [-0.1, -0.05) is 6.92 Å². The third-order valence-electron chi connectivity index (χ3n) is 4.30. The largest absolute Gasteiger partial charge is 0.465 e. The first-order valence-electron chi connectivity index (χ1n) is 8.30. The molecule has 3 rings (SSSR count). The number of nitrogens with zero attached hydrogens (tertiary/aromatic N) is 2. The summed E-state index contributed by atoms with van der Waals surface area (Å²) in [5.74, 6) is 0.589. The third kappa shape index (κ3) is 3.64. The third-order valence-corrected chi connectivity index (χ3v) is 4.30. The Labute approximate surface area is 145 Å². The maximum atomic E-state index is 14.0. The van der Waals surface area contributed by atoms with Crippen molar-refractivity contribution in [1.29, 1.82) is 0 Å². The molecule has 0 radical (unpaired) electrons. The van der Waals surface area contributed by atoms with Crippen molar-refractivity contribution in [2.24, 2.45) is 0 Å². The highest BCUT2D eigenvalue weighted by atomic mass is 19.1. The van der Waals surface area contributed by atoms with Crippen LogP contribution in [0.4, 0.5) is 8.78 Å². The van der Waals surface area contributed by atoms with Crippen LogP contribution in [0.15, 0.2) is 40.9 Å². The van der Waals surface area contributed by atoms with E-state index in [1.807, 2.05) is 32.9 Å². The van der Waals surface area contributed by atoms with Gasteiger partial charge in [0.1, 0.15) is 23.0 Å². The van der Waals surface area contributed by atoms with Gasteiger partial charge in [-0.3, -0.25) is 0 Å². The monoisotopic (exact) mass is 345 g/mol. The standard InChI is InChI=1S/C19H21F2N3O/c1-4-15-6-7-16(25-15)10-22-12(2)17-11-23-24(13(17)3)19-8-5-14(20)9-18(19)21/h5-9,11-12,22H,4,10H2,1-3H3/t12-/m1/s1. The van der Waals surface area contributed by atoms with Crippen LogP contribution in [0, 0.1) is 18.6 Å². The van der Waals surface area contributed by atoms with Crippen LogP contribution in [0.5, 0.6) is 0 Å². The van der Waals surface area contributed by atoms with Gasteiger partial charge < -0.3 is 9.73 Å². The highest BCUT2D eigenvalue weighted by Gasteiger charge is 2.16. The number of aromatic nitrogens is 2. The highest BCUT2D eigenvalue weighted by molar-refractivity contribution is 5.37. The number of hydrogen-bond donors (Lipinski definition) is 1. The van der Waals surface area contributed by atoms with Gasteiger partial charge in [-0.15, -0.1) is 0 Å². The van der Waals surface area contributed by atoms with E-state index in [1.165, 1.54) is 16.8 Å². The predicted octanol–water partition coefficient (Wildman–Crippen LogP) is 4.47. The van der Waals surface area contributed by atoms with Crippen molar-refractivity contribution in [3.63, 3.8) is 0 Å². The smallest absolute Gasteiger partial charge is 0.151 e. The number of benzene rings is 1. The maximum absolute atomic E-state index is 14.0. The average Bonchev–Trinajstić information content (AvgIpc) is 3.19. The molecule has 6 heteroatoms. The number of rotatable bonds is 6. The van der Waals surface area contributed by atoms with E-state index in [2.05, 4.69) is 10.4 Å². The molecule has 0 bridgehead atoms. The molecule has 0 spiro atoms. The second-order valence-corrected chi connectivity index (χ2v) is 6.02. The van der Waals surface area contributed by atoms with E-state index in [9.17, 15) is 8.78 Å². The van der Waals surface area contributed by atoms with Gasteiger partial charge in [0.15, 0.2) is 5.82 Å². The molecule has 0 aliphatic rings. The Kier molecular flexibility index (Phi) is 4.99. The van der Waals surface area contributed by atoms with E-state index < -0.39 is 11.6 Å². The predicted molar refractivity (Wildman–Crippen MR) is 91.6 cm³/mol. The normalized spacial score (nSPS) is 12.5. The van der Waals surface area contributed by atoms with Crippen LogP contribution in [-0.4, -0.2) is 9.78 Å². The lowest BCUT2D eigenvalue weighted by molar-refractivity contribution is 0.435. The molecule has 132 valence electrons. The molecule has 1 N–H and O–H groups in total. The zero-order chi connectivity index (χ0) is 18.0. The number of hydrogen-bond acceptors (Lipinski definition) is 3. The summed E-state index contributed by atoms with van der Waals surface area (Å²) in [6.07, 6.45) is 2.57. The minimum atomic E-state index is -0.638. The fourth-order valence-electron chi connectivity index (χ4n) is 2.81. The summed E-state index contributed by atoms with van der Waals surface area (Å²) in [6.45, 7) is 6.52. The van der Waals surface area contributed by atoms with Gasteiger partial charge in [0.25, 0.3) is 0 Å². The summed E-state index contributed by atoms with van der Waals surface area (Å²) in [7, 11) is 0. The number of aryl methyl sites for hydroxylation is 1. The molecule has 0 unspecified atom stereocenters. The number of furan rings is 1. The first-order valence-corrected chi connectivity index (χ1v) is 8.30. The van der Waals surface area contributed by atoms with Crippen molar-refractivity contribution >= 4 is 0 Å². The molecule has 0 aliphatic carbocycles. The molecule has 0 aliphatic heterocycles. The van der Waals surface area contributed by atoms with E-state index in [0.717, 1.165) is 35.3 Å². The first kappa shape index (κ1) is 17.4. The van der Waals surface area contributed by atoms with Gasteiger partial charge in [0.05, 0.1) is 12.7 Å². The van der Waals surface area contributed by atoms with Crippen molar-refractivity contribution in [2.75, 3.05) is 0 Å². The summed E-state index contributed by atoms with van der Waals surface area (Å²) in [6, 6.07) is 7.42. The van der Waals surface area contributed by atoms with Crippen molar-refractivity contribution in [3.8, 4) is 5.69 Å². The van der Waals surface area contributed by atoms with Gasteiger partial charge >= 0.3 is 0 Å². The zero-order valence-electron chi connectivity index (χ0n) is 14.5. The van der Waals surface area contributed by atoms with Crippen molar-refractivity contribution < 1.29 is 13.2 Å². The van der Waals surface area contributed by atoms with E-state index >= 15 is 0 Å². The molecule has 1 atom stereocenters. The van der Waals surface area contributed by atoms with Crippen molar-refractivity contribution in [1.82, 2.24) is 15.1 Å². The van der Waals surface area contributed by atoms with E-state index in [-0.39, 0.29) is 11.7 Å². The fraction of sp³-hybridized carbons (Fsp3) is 0.316. The summed E-state index contributed by atoms with van der Waals surface area (Å²) < 4.78 is 34.3. The molecule has 2 heterocycles. The molecule has 0 saturated carbocycles. The molecule has 0 fully saturated rings. The topological polar surface area (TPSA) is 43.0 Å². The number of nitrogens with one attached hydrogen (secondary N) is 1. The Hall–Kier alpha value is -2.47. The molecule has 25 heavy (non-hydrogen) atoms. The van der Waals surface area contributed by atoms with Gasteiger partial charge in [-0.05, 0) is 38.1 Å². The summed E-state index contributed by atoms with van der Waals surface area (Å²) in [4.78, 5) is 0. The fourth-order valence-corrected chi connectivity index (χ4v) is 2.81. The average molecular weight is 345 g/mol. The van der Waals surface area contributed by atoms with Crippen molar-refractivity contribution in [2.45, 2.75) is 39.8 Å². The van der Waals surface area contributed by atoms with Crippen LogP contribution < -0.4 is 5.32 Å². The van der Waals surface area contributed by atoms with E-state index in [4.69, 9.17) is 4.42 Å². The summed E-state index contributed by atoms with van der Waals surface area (Å²) in [5, 5.41) is 7.64. The second-order valence-electron chi connectivity index (χ2n) is 6.02. The van der Waals surface area contributed by atoms with Crippen LogP contribution in [-0.2, 0) is 13.0 Å². The van der Waals surface area contributed by atoms with Crippen LogP contribution in [0.2, 0.25) is 0 Å². The summed E-state index contributed by atoms with van der Waals surface area (Å²) >= 11 is 0. The van der Waals surface area contributed by atoms with Gasteiger partial charge in [0.2, 0.25) is 0 Å². The minimum absolute atomic E-state index is 0.00689. The Balaban J connectivity index is 1.75. The number of halogens is 2. The highest BCUT2D eigenvalue weighted by Crippen LogP contribution is 2.22. The molecular weight excluding hydrogens is 324 g/mol. The van der Waals surface area contributed by atoms with Crippen LogP contribution in [0.25, 0.3) is 5.69 Å². The van der Waals surface area contributed by atoms with Crippen LogP contribution >= 0.6 is 0 Å². The van der Waals surface area contributed by atoms with E-state index in [0.29, 0.717) is 6.54 Å². The first-order chi connectivity index (χ1) is 12.0. The molecule has 0 saturated heterocycles. The maximum Gasteiger partial charge on any atom is 0.151 e. The lowest BCUT2D eigenvalue weighted by atomic mass is 10.1. The molecule has 3 aromatic rings.